The lowest BCUT2D eigenvalue weighted by atomic mass is 10.2. The van der Waals surface area contributed by atoms with Gasteiger partial charge in [0.05, 0.1) is 17.9 Å². The Morgan fingerprint density at radius 1 is 1.30 bits per heavy atom. The van der Waals surface area contributed by atoms with Gasteiger partial charge in [-0.05, 0) is 11.5 Å². The molecule has 2 heterocycles. The monoisotopic (exact) mass is 290 g/mol. The average molecular weight is 290 g/mol. The normalized spacial score (nSPS) is 16.4. The van der Waals surface area contributed by atoms with Crippen LogP contribution in [0, 0.1) is 0 Å². The first-order valence-electron chi connectivity index (χ1n) is 6.36. The van der Waals surface area contributed by atoms with Crippen LogP contribution in [0.15, 0.2) is 46.0 Å². The molecule has 0 amide bonds. The summed E-state index contributed by atoms with van der Waals surface area (Å²) in [7, 11) is 0. The second-order valence-electron chi connectivity index (χ2n) is 4.31. The van der Waals surface area contributed by atoms with Gasteiger partial charge in [0, 0.05) is 11.5 Å². The number of rotatable bonds is 3. The number of aromatic nitrogens is 2. The third kappa shape index (κ3) is 2.93. The molecule has 0 saturated carbocycles. The zero-order valence-electron chi connectivity index (χ0n) is 10.8. The first kappa shape index (κ1) is 13.0. The van der Waals surface area contributed by atoms with E-state index in [1.54, 1.807) is 35.3 Å². The number of thioether (sulfide) groups is 1. The van der Waals surface area contributed by atoms with Crippen molar-refractivity contribution in [3.05, 3.63) is 42.1 Å². The number of benzene rings is 1. The molecule has 0 spiro atoms. The largest absolute Gasteiger partial charge is 0.858 e. The van der Waals surface area contributed by atoms with Gasteiger partial charge in [0.25, 0.3) is 6.20 Å². The van der Waals surface area contributed by atoms with Gasteiger partial charge < -0.3 is 5.11 Å². The van der Waals surface area contributed by atoms with E-state index in [1.165, 1.54) is 0 Å². The number of nitrogens with zero attached hydrogens (tertiary/aromatic N) is 4. The van der Waals surface area contributed by atoms with E-state index in [4.69, 9.17) is 4.52 Å². The van der Waals surface area contributed by atoms with Gasteiger partial charge in [0.15, 0.2) is 0 Å². The van der Waals surface area contributed by atoms with Crippen LogP contribution >= 0.6 is 11.8 Å². The Labute approximate surface area is 120 Å². The van der Waals surface area contributed by atoms with Gasteiger partial charge in [-0.2, -0.15) is 16.8 Å². The molecule has 3 rings (SSSR count). The maximum absolute atomic E-state index is 11.9. The average Bonchev–Trinajstić information content (AvgIpc) is 2.97. The number of hydrogen-bond donors (Lipinski definition) is 0. The molecule has 2 aromatic rings. The SMILES string of the molecule is [O-]C(=Nc1c[n+](N2CCSCC2)no1)c1ccccc1. The Balaban J connectivity index is 1.76. The summed E-state index contributed by atoms with van der Waals surface area (Å²) < 4.78 is 5.09. The van der Waals surface area contributed by atoms with E-state index in [1.807, 2.05) is 17.8 Å². The van der Waals surface area contributed by atoms with E-state index in [0.29, 0.717) is 5.56 Å². The third-order valence-corrected chi connectivity index (χ3v) is 3.90. The lowest BCUT2D eigenvalue weighted by Crippen LogP contribution is -2.61. The van der Waals surface area contributed by atoms with Crippen molar-refractivity contribution < 1.29 is 14.4 Å². The predicted octanol–water partition coefficient (Wildman–Crippen LogP) is 0.0855. The summed E-state index contributed by atoms with van der Waals surface area (Å²) in [4.78, 5) is 5.55. The van der Waals surface area contributed by atoms with E-state index in [9.17, 15) is 5.11 Å². The van der Waals surface area contributed by atoms with E-state index in [0.717, 1.165) is 24.6 Å². The van der Waals surface area contributed by atoms with Crippen molar-refractivity contribution in [2.45, 2.75) is 0 Å². The van der Waals surface area contributed by atoms with Crippen LogP contribution < -0.4 is 14.9 Å². The second kappa shape index (κ2) is 5.96. The Morgan fingerprint density at radius 2 is 2.05 bits per heavy atom. The minimum absolute atomic E-state index is 0.220. The lowest BCUT2D eigenvalue weighted by molar-refractivity contribution is -0.757. The quantitative estimate of drug-likeness (QED) is 0.455. The van der Waals surface area contributed by atoms with Crippen molar-refractivity contribution >= 4 is 23.5 Å². The molecule has 0 bridgehead atoms. The molecule has 1 aliphatic rings. The molecule has 7 heteroatoms. The van der Waals surface area contributed by atoms with Crippen LogP contribution in [0.2, 0.25) is 0 Å². The summed E-state index contributed by atoms with van der Waals surface area (Å²) >= 11 is 1.92. The maximum Gasteiger partial charge on any atom is 0.324 e. The highest BCUT2D eigenvalue weighted by Gasteiger charge is 2.22. The van der Waals surface area contributed by atoms with Crippen LogP contribution in [0.3, 0.4) is 0 Å². The third-order valence-electron chi connectivity index (χ3n) is 2.95. The second-order valence-corrected chi connectivity index (χ2v) is 5.53. The van der Waals surface area contributed by atoms with Crippen molar-refractivity contribution in [2.24, 2.45) is 4.99 Å². The van der Waals surface area contributed by atoms with Crippen molar-refractivity contribution in [1.82, 2.24) is 5.27 Å². The van der Waals surface area contributed by atoms with Crippen LogP contribution in [-0.4, -0.2) is 35.8 Å². The van der Waals surface area contributed by atoms with Gasteiger partial charge in [0.1, 0.15) is 0 Å². The van der Waals surface area contributed by atoms with Crippen molar-refractivity contribution in [3.63, 3.8) is 0 Å². The summed E-state index contributed by atoms with van der Waals surface area (Å²) in [6.45, 7) is 1.82. The molecule has 20 heavy (non-hydrogen) atoms. The van der Waals surface area contributed by atoms with Crippen LogP contribution in [0.25, 0.3) is 0 Å². The van der Waals surface area contributed by atoms with Crippen LogP contribution in [-0.2, 0) is 0 Å². The van der Waals surface area contributed by atoms with E-state index < -0.39 is 0 Å². The van der Waals surface area contributed by atoms with Gasteiger partial charge in [-0.3, -0.25) is 4.52 Å². The Hall–Kier alpha value is -2.02. The molecular formula is C13H14N4O2S. The molecule has 1 aliphatic heterocycles. The van der Waals surface area contributed by atoms with E-state index >= 15 is 0 Å². The first-order valence-corrected chi connectivity index (χ1v) is 7.51. The summed E-state index contributed by atoms with van der Waals surface area (Å²) in [5.41, 5.74) is 0.532. The fourth-order valence-electron chi connectivity index (χ4n) is 1.92. The van der Waals surface area contributed by atoms with Gasteiger partial charge in [-0.25, -0.2) is 4.99 Å². The maximum atomic E-state index is 11.9. The van der Waals surface area contributed by atoms with Gasteiger partial charge in [-0.1, -0.05) is 30.3 Å². The van der Waals surface area contributed by atoms with E-state index in [2.05, 4.69) is 15.3 Å². The molecule has 1 saturated heterocycles. The molecule has 1 aromatic heterocycles. The standard InChI is InChI=1S/C13H14N4O2S/c18-13(11-4-2-1-3-5-11)14-12-10-17(15-19-12)16-6-8-20-9-7-16/h1-5,10H,6-9H2. The molecule has 1 aromatic carbocycles. The molecule has 0 radical (unpaired) electrons. The number of aliphatic imine (C=N–C) groups is 1. The van der Waals surface area contributed by atoms with E-state index in [-0.39, 0.29) is 11.8 Å². The topological polar surface area (TPSA) is 68.6 Å². The molecule has 0 aliphatic carbocycles. The van der Waals surface area contributed by atoms with Gasteiger partial charge in [-0.15, -0.1) is 0 Å². The summed E-state index contributed by atoms with van der Waals surface area (Å²) in [5, 5.41) is 17.9. The van der Waals surface area contributed by atoms with Gasteiger partial charge >= 0.3 is 5.88 Å². The fraction of sp³-hybridized carbons (Fsp3) is 0.308. The van der Waals surface area contributed by atoms with Crippen LogP contribution in [0.1, 0.15) is 5.56 Å². The molecular weight excluding hydrogens is 276 g/mol. The number of hydrogen-bond acceptors (Lipinski definition) is 6. The zero-order valence-corrected chi connectivity index (χ0v) is 11.6. The minimum atomic E-state index is -0.330. The Bertz CT molecular complexity index is 593. The summed E-state index contributed by atoms with van der Waals surface area (Å²) in [6, 6.07) is 8.90. The van der Waals surface area contributed by atoms with Crippen LogP contribution in [0.4, 0.5) is 5.88 Å². The fourth-order valence-corrected chi connectivity index (χ4v) is 2.80. The highest BCUT2D eigenvalue weighted by molar-refractivity contribution is 7.99. The smallest absolute Gasteiger partial charge is 0.324 e. The van der Waals surface area contributed by atoms with Crippen molar-refractivity contribution in [2.75, 3.05) is 29.6 Å². The molecule has 6 nitrogen and oxygen atoms in total. The molecule has 104 valence electrons. The van der Waals surface area contributed by atoms with Gasteiger partial charge in [0.2, 0.25) is 5.27 Å². The molecule has 1 fully saturated rings. The molecule has 0 N–H and O–H groups in total. The predicted molar refractivity (Wildman–Crippen MR) is 74.6 cm³/mol. The molecule has 0 unspecified atom stereocenters. The molecule has 0 atom stereocenters. The van der Waals surface area contributed by atoms with Crippen molar-refractivity contribution in [1.29, 1.82) is 0 Å². The summed E-state index contributed by atoms with van der Waals surface area (Å²) in [6.07, 6.45) is 1.64. The highest BCUT2D eigenvalue weighted by atomic mass is 32.2. The highest BCUT2D eigenvalue weighted by Crippen LogP contribution is 2.10. The van der Waals surface area contributed by atoms with Crippen LogP contribution in [0.5, 0.6) is 0 Å². The Morgan fingerprint density at radius 3 is 2.80 bits per heavy atom. The minimum Gasteiger partial charge on any atom is -0.858 e. The Kier molecular flexibility index (Phi) is 3.87. The zero-order chi connectivity index (χ0) is 13.8. The summed E-state index contributed by atoms with van der Waals surface area (Å²) in [5.74, 6) is 2.02. The van der Waals surface area contributed by atoms with Crippen molar-refractivity contribution in [3.8, 4) is 0 Å². The first-order chi connectivity index (χ1) is 9.83. The lowest BCUT2D eigenvalue weighted by Gasteiger charge is -2.17.